The summed E-state index contributed by atoms with van der Waals surface area (Å²) in [4.78, 5) is 106. The minimum atomic E-state index is -1.49. The SMILES string of the molecule is C[C@]12C=CC(=O)C=C1CC[C@@H]1[C@@H]2[C@@H](O)C[C@@]2(C)[C@H]1C[C@H]1O[C@@H](c3ccc(CC4(NC(=O)OCc5ccc(NC(=O)[C@H](CCC(=O)O)NC(=O)CNC(=O)CCC(=O)N6Cc7ccccc7C#Cc7ccccc76)cc5)COC4)cc3)O[C@]12C(=O)CO. The monoisotopic (exact) mass is 1170 g/mol. The summed E-state index contributed by atoms with van der Waals surface area (Å²) in [6, 6.07) is 27.3. The number of carboxylic acid groups (broad SMARTS) is 1. The zero-order valence-electron chi connectivity index (χ0n) is 47.8. The second-order valence-electron chi connectivity index (χ2n) is 24.2. The number of hydrogen-bond donors (Lipinski definition) is 7. The second kappa shape index (κ2) is 24.2. The lowest BCUT2D eigenvalue weighted by Crippen LogP contribution is -2.63. The number of allylic oxidation sites excluding steroid dienone is 4. The van der Waals surface area contributed by atoms with E-state index in [1.165, 1.54) is 0 Å². The molecule has 3 saturated carbocycles. The number of fused-ring (bicyclic) bond motifs is 9. The fraction of sp³-hybridized carbons (Fsp3) is 0.424. The number of benzene rings is 4. The molecule has 20 heteroatoms. The number of nitrogens with one attached hydrogen (secondary N) is 4. The summed E-state index contributed by atoms with van der Waals surface area (Å²) in [6.07, 6.45) is 3.74. The van der Waals surface area contributed by atoms with Gasteiger partial charge < -0.3 is 60.4 Å². The molecule has 3 aliphatic heterocycles. The number of carbonyl (C=O) groups excluding carboxylic acids is 7. The Morgan fingerprint density at radius 2 is 1.58 bits per heavy atom. The summed E-state index contributed by atoms with van der Waals surface area (Å²) in [7, 11) is 0. The maximum Gasteiger partial charge on any atom is 0.408 e. The lowest BCUT2D eigenvalue weighted by molar-refractivity contribution is -0.201. The normalized spacial score (nSPS) is 27.3. The molecule has 7 N–H and O–H groups in total. The van der Waals surface area contributed by atoms with Gasteiger partial charge in [-0.05, 0) is 103 Å². The molecule has 5 fully saturated rings. The minimum absolute atomic E-state index is 0.0296. The average Bonchev–Trinajstić information content (AvgIpc) is 1.48. The fourth-order valence-corrected chi connectivity index (χ4v) is 14.5. The molecule has 2 saturated heterocycles. The Bertz CT molecular complexity index is 3490. The van der Waals surface area contributed by atoms with Crippen molar-refractivity contribution in [1.82, 2.24) is 16.0 Å². The summed E-state index contributed by atoms with van der Waals surface area (Å²) in [5.41, 5.74) is 2.79. The van der Waals surface area contributed by atoms with Crippen LogP contribution >= 0.6 is 0 Å². The molecule has 4 aromatic carbocycles. The van der Waals surface area contributed by atoms with Crippen LogP contribution in [0.15, 0.2) is 121 Å². The van der Waals surface area contributed by atoms with Crippen LogP contribution < -0.4 is 26.2 Å². The lowest BCUT2D eigenvalue weighted by atomic mass is 9.46. The minimum Gasteiger partial charge on any atom is -0.481 e. The van der Waals surface area contributed by atoms with Crippen molar-refractivity contribution in [3.63, 3.8) is 0 Å². The molecule has 448 valence electrons. The predicted octanol–water partition coefficient (Wildman–Crippen LogP) is 5.66. The van der Waals surface area contributed by atoms with Crippen LogP contribution in [-0.4, -0.2) is 118 Å². The van der Waals surface area contributed by atoms with Crippen molar-refractivity contribution >= 4 is 58.6 Å². The van der Waals surface area contributed by atoms with Gasteiger partial charge in [0.2, 0.25) is 23.6 Å². The maximum atomic E-state index is 14.1. The van der Waals surface area contributed by atoms with Crippen LogP contribution in [0.5, 0.6) is 0 Å². The van der Waals surface area contributed by atoms with Crippen molar-refractivity contribution in [3.8, 4) is 11.8 Å². The number of para-hydroxylation sites is 1. The van der Waals surface area contributed by atoms with Crippen LogP contribution in [0.3, 0.4) is 0 Å². The highest BCUT2D eigenvalue weighted by Crippen LogP contribution is 2.70. The van der Waals surface area contributed by atoms with Crippen molar-refractivity contribution < 1.29 is 72.6 Å². The molecule has 0 aromatic heterocycles. The van der Waals surface area contributed by atoms with Gasteiger partial charge in [0.05, 0.1) is 49.7 Å². The van der Waals surface area contributed by atoms with Crippen LogP contribution in [-0.2, 0) is 72.1 Å². The van der Waals surface area contributed by atoms with E-state index in [1.54, 1.807) is 53.5 Å². The van der Waals surface area contributed by atoms with Gasteiger partial charge in [-0.2, -0.15) is 0 Å². The van der Waals surface area contributed by atoms with Crippen LogP contribution in [0.4, 0.5) is 16.2 Å². The molecule has 0 spiro atoms. The highest BCUT2D eigenvalue weighted by molar-refractivity contribution is 6.01. The van der Waals surface area contributed by atoms with Gasteiger partial charge in [0.1, 0.15) is 19.3 Å². The Balaban J connectivity index is 0.640. The smallest absolute Gasteiger partial charge is 0.408 e. The molecule has 11 rings (SSSR count). The van der Waals surface area contributed by atoms with E-state index in [1.807, 2.05) is 73.7 Å². The Kier molecular flexibility index (Phi) is 16.7. The fourth-order valence-electron chi connectivity index (χ4n) is 14.5. The zero-order chi connectivity index (χ0) is 60.5. The first-order chi connectivity index (χ1) is 41.3. The molecular formula is C66H69N5O15. The molecule has 20 nitrogen and oxygen atoms in total. The van der Waals surface area contributed by atoms with E-state index in [9.17, 15) is 53.7 Å². The number of Topliss-reactive ketones (excluding diaryl/α,β-unsaturated/α-hetero) is 1. The molecule has 4 aromatic rings. The van der Waals surface area contributed by atoms with Crippen LogP contribution in [0, 0.1) is 40.4 Å². The number of alkyl carbamates (subject to hydrolysis) is 1. The molecule has 0 bridgehead atoms. The number of aliphatic hydroxyl groups excluding tert-OH is 2. The average molecular weight is 1170 g/mol. The van der Waals surface area contributed by atoms with E-state index < -0.39 is 102 Å². The standard InChI is InChI=1S/C66H69N5O15/c1-63-28-27-47(73)29-45(63)19-22-48-49-30-54-66(53(75)35-72,64(49,2)32-52(74)59(48)63)86-61(85-54)43-15-11-39(12-16-43)31-65(37-83-38-65)70-62(82)84-36-40-13-20-46(21-14-40)68-60(81)50(23-26-58(79)80)69-56(77)33-67-55(76)24-25-57(78)71-34-44-9-4-3-7-41(44)17-18-42-8-5-6-10-51(42)71/h3-16,20-21,27-29,48-50,52,54,59,61,72,74H,19,22-26,30-38H2,1-2H3,(H,67,76)(H,68,81)(H,69,77)(H,70,82)(H,79,80)/t48-,49-,50-,52-,54+,59+,61+,63-,64-,66+/m0/s1. The zero-order valence-corrected chi connectivity index (χ0v) is 47.8. The number of carboxylic acids is 1. The summed E-state index contributed by atoms with van der Waals surface area (Å²) in [6.45, 7) is 3.40. The largest absolute Gasteiger partial charge is 0.481 e. The van der Waals surface area contributed by atoms with E-state index in [0.717, 1.165) is 28.7 Å². The quantitative estimate of drug-likeness (QED) is 0.0558. The predicted molar refractivity (Wildman–Crippen MR) is 310 cm³/mol. The summed E-state index contributed by atoms with van der Waals surface area (Å²) in [5, 5.41) is 42.5. The van der Waals surface area contributed by atoms with Gasteiger partial charge in [0.25, 0.3) is 0 Å². The van der Waals surface area contributed by atoms with Crippen molar-refractivity contribution in [1.29, 1.82) is 0 Å². The Morgan fingerprint density at radius 3 is 2.31 bits per heavy atom. The van der Waals surface area contributed by atoms with Gasteiger partial charge >= 0.3 is 12.1 Å². The Morgan fingerprint density at radius 1 is 0.860 bits per heavy atom. The van der Waals surface area contributed by atoms with Gasteiger partial charge in [-0.25, -0.2) is 4.79 Å². The van der Waals surface area contributed by atoms with E-state index in [2.05, 4.69) is 40.0 Å². The summed E-state index contributed by atoms with van der Waals surface area (Å²) in [5.74, 6) is 2.07. The van der Waals surface area contributed by atoms with Crippen molar-refractivity contribution in [2.75, 3.05) is 36.6 Å². The summed E-state index contributed by atoms with van der Waals surface area (Å²) < 4.78 is 24.6. The molecule has 10 atom stereocenters. The number of aliphatic carboxylic acids is 1. The first-order valence-electron chi connectivity index (χ1n) is 29.2. The molecule has 7 aliphatic rings. The Hall–Kier alpha value is -8.32. The van der Waals surface area contributed by atoms with Gasteiger partial charge in [0, 0.05) is 64.8 Å². The molecular weight excluding hydrogens is 1100 g/mol. The van der Waals surface area contributed by atoms with Crippen LogP contribution in [0.1, 0.15) is 105 Å². The van der Waals surface area contributed by atoms with E-state index in [0.29, 0.717) is 47.3 Å². The van der Waals surface area contributed by atoms with Gasteiger partial charge in [-0.1, -0.05) is 104 Å². The van der Waals surface area contributed by atoms with E-state index >= 15 is 0 Å². The van der Waals surface area contributed by atoms with Gasteiger partial charge in [0.15, 0.2) is 23.5 Å². The third kappa shape index (κ3) is 11.6. The van der Waals surface area contributed by atoms with Gasteiger partial charge in [-0.3, -0.25) is 33.6 Å². The number of ether oxygens (including phenoxy) is 4. The second-order valence-corrected chi connectivity index (χ2v) is 24.2. The number of nitrogens with zero attached hydrogens (tertiary/aromatic N) is 1. The first kappa shape index (κ1) is 59.4. The van der Waals surface area contributed by atoms with Crippen LogP contribution in [0.2, 0.25) is 0 Å². The van der Waals surface area contributed by atoms with Crippen molar-refractivity contribution in [3.05, 3.63) is 154 Å². The number of amides is 5. The number of hydrogen-bond acceptors (Lipinski definition) is 14. The lowest BCUT2D eigenvalue weighted by Gasteiger charge is -2.59. The molecule has 0 unspecified atom stereocenters. The first-order valence-corrected chi connectivity index (χ1v) is 29.2. The number of aliphatic hydroxyl groups is 2. The third-order valence-electron chi connectivity index (χ3n) is 18.8. The highest BCUT2D eigenvalue weighted by Gasteiger charge is 2.76. The number of carbonyl (C=O) groups is 8. The Labute approximate surface area is 497 Å². The topological polar surface area (TPSA) is 286 Å². The molecule has 4 aliphatic carbocycles. The highest BCUT2D eigenvalue weighted by atomic mass is 16.7. The maximum absolute atomic E-state index is 14.1. The van der Waals surface area contributed by atoms with Gasteiger partial charge in [-0.15, -0.1) is 0 Å². The molecule has 0 radical (unpaired) electrons. The summed E-state index contributed by atoms with van der Waals surface area (Å²) >= 11 is 0. The number of rotatable bonds is 19. The molecule has 3 heterocycles. The third-order valence-corrected chi connectivity index (χ3v) is 18.8. The van der Waals surface area contributed by atoms with Crippen LogP contribution in [0.25, 0.3) is 0 Å². The van der Waals surface area contributed by atoms with E-state index in [4.69, 9.17) is 18.9 Å². The number of anilines is 2. The molecule has 5 amide bonds. The number of ketones is 2. The molecule has 86 heavy (non-hydrogen) atoms. The van der Waals surface area contributed by atoms with E-state index in [-0.39, 0.29) is 81.5 Å². The van der Waals surface area contributed by atoms with Crippen molar-refractivity contribution in [2.45, 2.75) is 120 Å². The van der Waals surface area contributed by atoms with Crippen molar-refractivity contribution in [2.24, 2.45) is 28.6 Å².